The van der Waals surface area contributed by atoms with Gasteiger partial charge >= 0.3 is 0 Å². The van der Waals surface area contributed by atoms with Gasteiger partial charge in [-0.2, -0.15) is 5.10 Å². The quantitative estimate of drug-likeness (QED) is 0.940. The van der Waals surface area contributed by atoms with E-state index in [-0.39, 0.29) is 18.1 Å². The highest BCUT2D eigenvalue weighted by Crippen LogP contribution is 2.19. The number of aryl methyl sites for hydroxylation is 3. The number of rotatable bonds is 4. The monoisotopic (exact) mass is 289 g/mol. The predicted octanol–water partition coefficient (Wildman–Crippen LogP) is 2.92. The predicted molar refractivity (Wildman–Crippen MR) is 80.8 cm³/mol. The highest BCUT2D eigenvalue weighted by Gasteiger charge is 2.14. The molecule has 0 bridgehead atoms. The van der Waals surface area contributed by atoms with Crippen LogP contribution in [0.4, 0.5) is 10.2 Å². The summed E-state index contributed by atoms with van der Waals surface area (Å²) in [5.74, 6) is 0.238. The van der Waals surface area contributed by atoms with Crippen LogP contribution in [-0.4, -0.2) is 15.7 Å². The Balaban J connectivity index is 2.11. The van der Waals surface area contributed by atoms with Gasteiger partial charge in [-0.3, -0.25) is 9.48 Å². The minimum absolute atomic E-state index is 0.142. The summed E-state index contributed by atoms with van der Waals surface area (Å²) in [6, 6.07) is 4.86. The Hall–Kier alpha value is -2.17. The average Bonchev–Trinajstić information content (AvgIpc) is 2.70. The maximum absolute atomic E-state index is 13.5. The lowest BCUT2D eigenvalue weighted by atomic mass is 10.1. The number of carbonyl (C=O) groups excluding carboxylic acids is 1. The first-order valence-electron chi connectivity index (χ1n) is 6.99. The van der Waals surface area contributed by atoms with Gasteiger partial charge in [0.2, 0.25) is 5.91 Å². The van der Waals surface area contributed by atoms with E-state index < -0.39 is 0 Å². The van der Waals surface area contributed by atoms with Gasteiger partial charge in [-0.15, -0.1) is 0 Å². The first kappa shape index (κ1) is 15.2. The van der Waals surface area contributed by atoms with E-state index in [4.69, 9.17) is 0 Å². The third-order valence-corrected chi connectivity index (χ3v) is 3.58. The van der Waals surface area contributed by atoms with Crippen molar-refractivity contribution in [3.63, 3.8) is 0 Å². The van der Waals surface area contributed by atoms with Crippen molar-refractivity contribution in [1.82, 2.24) is 9.78 Å². The lowest BCUT2D eigenvalue weighted by molar-refractivity contribution is -0.115. The lowest BCUT2D eigenvalue weighted by Crippen LogP contribution is -2.17. The van der Waals surface area contributed by atoms with E-state index in [1.807, 2.05) is 13.8 Å². The van der Waals surface area contributed by atoms with Crippen LogP contribution in [0.1, 0.15) is 29.3 Å². The molecule has 21 heavy (non-hydrogen) atoms. The van der Waals surface area contributed by atoms with Crippen LogP contribution >= 0.6 is 0 Å². The number of anilines is 1. The highest BCUT2D eigenvalue weighted by molar-refractivity contribution is 5.92. The first-order valence-corrected chi connectivity index (χ1v) is 6.99. The fourth-order valence-electron chi connectivity index (χ4n) is 2.30. The van der Waals surface area contributed by atoms with Gasteiger partial charge in [0, 0.05) is 12.6 Å². The van der Waals surface area contributed by atoms with Gasteiger partial charge in [-0.1, -0.05) is 19.1 Å². The van der Waals surface area contributed by atoms with Crippen LogP contribution in [0.2, 0.25) is 0 Å². The molecule has 0 aliphatic carbocycles. The maximum atomic E-state index is 13.5. The maximum Gasteiger partial charge on any atom is 0.229 e. The molecule has 0 fully saturated rings. The molecule has 1 heterocycles. The van der Waals surface area contributed by atoms with Crippen molar-refractivity contribution < 1.29 is 9.18 Å². The molecule has 0 spiro atoms. The fourth-order valence-corrected chi connectivity index (χ4v) is 2.30. The molecule has 4 nitrogen and oxygen atoms in total. The number of halogens is 1. The van der Waals surface area contributed by atoms with Gasteiger partial charge in [0.1, 0.15) is 11.6 Å². The SMILES string of the molecule is CCc1nn(C)c(NC(=O)Cc2ccc(C)c(F)c2)c1C. The van der Waals surface area contributed by atoms with Gasteiger partial charge in [0.15, 0.2) is 0 Å². The first-order chi connectivity index (χ1) is 9.92. The van der Waals surface area contributed by atoms with Crippen LogP contribution in [0.15, 0.2) is 18.2 Å². The van der Waals surface area contributed by atoms with Crippen molar-refractivity contribution in [1.29, 1.82) is 0 Å². The molecule has 1 aromatic heterocycles. The summed E-state index contributed by atoms with van der Waals surface area (Å²) >= 11 is 0. The van der Waals surface area contributed by atoms with Crippen LogP contribution < -0.4 is 5.32 Å². The summed E-state index contributed by atoms with van der Waals surface area (Å²) in [6.07, 6.45) is 0.960. The van der Waals surface area contributed by atoms with Crippen molar-refractivity contribution in [3.05, 3.63) is 46.4 Å². The summed E-state index contributed by atoms with van der Waals surface area (Å²) in [4.78, 5) is 12.1. The molecule has 0 radical (unpaired) electrons. The summed E-state index contributed by atoms with van der Waals surface area (Å²) in [7, 11) is 1.80. The normalized spacial score (nSPS) is 10.7. The second-order valence-corrected chi connectivity index (χ2v) is 5.21. The summed E-state index contributed by atoms with van der Waals surface area (Å²) < 4.78 is 15.2. The van der Waals surface area contributed by atoms with E-state index >= 15 is 0 Å². The molecule has 1 aromatic carbocycles. The lowest BCUT2D eigenvalue weighted by Gasteiger charge is -2.07. The molecule has 0 saturated heterocycles. The topological polar surface area (TPSA) is 46.9 Å². The zero-order valence-electron chi connectivity index (χ0n) is 12.8. The van der Waals surface area contributed by atoms with E-state index in [2.05, 4.69) is 10.4 Å². The molecule has 0 unspecified atom stereocenters. The number of hydrogen-bond acceptors (Lipinski definition) is 2. The smallest absolute Gasteiger partial charge is 0.229 e. The Labute approximate surface area is 124 Å². The van der Waals surface area contributed by atoms with E-state index in [1.54, 1.807) is 30.8 Å². The number of benzene rings is 1. The number of aromatic nitrogens is 2. The highest BCUT2D eigenvalue weighted by atomic mass is 19.1. The Morgan fingerprint density at radius 1 is 1.38 bits per heavy atom. The molecule has 2 aromatic rings. The van der Waals surface area contributed by atoms with Crippen molar-refractivity contribution >= 4 is 11.7 Å². The molecule has 1 N–H and O–H groups in total. The number of hydrogen-bond donors (Lipinski definition) is 1. The Bertz CT molecular complexity index is 676. The molecule has 1 amide bonds. The summed E-state index contributed by atoms with van der Waals surface area (Å²) in [5, 5.41) is 7.21. The second-order valence-electron chi connectivity index (χ2n) is 5.21. The zero-order valence-corrected chi connectivity index (χ0v) is 12.8. The van der Waals surface area contributed by atoms with E-state index in [0.717, 1.165) is 17.7 Å². The van der Waals surface area contributed by atoms with E-state index in [1.165, 1.54) is 6.07 Å². The summed E-state index contributed by atoms with van der Waals surface area (Å²) in [5.41, 5.74) is 3.18. The van der Waals surface area contributed by atoms with Gasteiger partial charge in [-0.05, 0) is 37.5 Å². The molecule has 2 rings (SSSR count). The average molecular weight is 289 g/mol. The molecule has 0 atom stereocenters. The minimum Gasteiger partial charge on any atom is -0.310 e. The minimum atomic E-state index is -0.287. The molecule has 0 aliphatic heterocycles. The van der Waals surface area contributed by atoms with Crippen LogP contribution in [0, 0.1) is 19.7 Å². The van der Waals surface area contributed by atoms with Crippen molar-refractivity contribution in [3.8, 4) is 0 Å². The Morgan fingerprint density at radius 3 is 2.67 bits per heavy atom. The Kier molecular flexibility index (Phi) is 4.40. The van der Waals surface area contributed by atoms with Crippen LogP contribution in [0.3, 0.4) is 0 Å². The fraction of sp³-hybridized carbons (Fsp3) is 0.375. The van der Waals surface area contributed by atoms with Gasteiger partial charge in [0.05, 0.1) is 12.1 Å². The van der Waals surface area contributed by atoms with Crippen LogP contribution in [0.25, 0.3) is 0 Å². The molecule has 0 aliphatic rings. The van der Waals surface area contributed by atoms with E-state index in [9.17, 15) is 9.18 Å². The largest absolute Gasteiger partial charge is 0.310 e. The molecule has 112 valence electrons. The zero-order chi connectivity index (χ0) is 15.6. The van der Waals surface area contributed by atoms with Crippen molar-refractivity contribution in [2.24, 2.45) is 7.05 Å². The number of amides is 1. The Morgan fingerprint density at radius 2 is 2.10 bits per heavy atom. The summed E-state index contributed by atoms with van der Waals surface area (Å²) in [6.45, 7) is 5.66. The van der Waals surface area contributed by atoms with Crippen molar-refractivity contribution in [2.45, 2.75) is 33.6 Å². The van der Waals surface area contributed by atoms with Gasteiger partial charge < -0.3 is 5.32 Å². The standard InChI is InChI=1S/C16H20FN3O/c1-5-14-11(3)16(20(4)19-14)18-15(21)9-12-7-6-10(2)13(17)8-12/h6-8H,5,9H2,1-4H3,(H,18,21). The molecular weight excluding hydrogens is 269 g/mol. The molecule has 5 heteroatoms. The second kappa shape index (κ2) is 6.08. The van der Waals surface area contributed by atoms with Crippen LogP contribution in [-0.2, 0) is 24.7 Å². The number of nitrogens with zero attached hydrogens (tertiary/aromatic N) is 2. The number of carbonyl (C=O) groups is 1. The molecular formula is C16H20FN3O. The third kappa shape index (κ3) is 3.29. The van der Waals surface area contributed by atoms with Gasteiger partial charge in [0.25, 0.3) is 0 Å². The van der Waals surface area contributed by atoms with Gasteiger partial charge in [-0.25, -0.2) is 4.39 Å². The van der Waals surface area contributed by atoms with Crippen molar-refractivity contribution in [2.75, 3.05) is 5.32 Å². The molecule has 0 saturated carbocycles. The van der Waals surface area contributed by atoms with Crippen LogP contribution in [0.5, 0.6) is 0 Å². The third-order valence-electron chi connectivity index (χ3n) is 3.58. The van der Waals surface area contributed by atoms with E-state index in [0.29, 0.717) is 16.9 Å². The number of nitrogens with one attached hydrogen (secondary N) is 1.